The summed E-state index contributed by atoms with van der Waals surface area (Å²) in [5, 5.41) is 9.96. The lowest BCUT2D eigenvalue weighted by atomic mass is 9.91. The van der Waals surface area contributed by atoms with Crippen LogP contribution >= 0.6 is 28.3 Å². The quantitative estimate of drug-likeness (QED) is 0.890. The van der Waals surface area contributed by atoms with Crippen LogP contribution in [0.5, 0.6) is 0 Å². The van der Waals surface area contributed by atoms with Gasteiger partial charge in [0.15, 0.2) is 0 Å². The summed E-state index contributed by atoms with van der Waals surface area (Å²) in [5.74, 6) is -0.256. The normalized spacial score (nSPS) is 15.9. The molecule has 1 unspecified atom stereocenters. The van der Waals surface area contributed by atoms with Gasteiger partial charge in [-0.05, 0) is 29.7 Å². The van der Waals surface area contributed by atoms with Crippen molar-refractivity contribution in [3.05, 3.63) is 34.1 Å². The second-order valence-electron chi connectivity index (χ2n) is 4.10. The van der Waals surface area contributed by atoms with Crippen LogP contribution in [0.25, 0.3) is 0 Å². The predicted molar refractivity (Wildman–Crippen MR) is 73.7 cm³/mol. The van der Waals surface area contributed by atoms with Crippen LogP contribution < -0.4 is 5.73 Å². The van der Waals surface area contributed by atoms with Crippen molar-refractivity contribution in [1.82, 2.24) is 0 Å². The third-order valence-electron chi connectivity index (χ3n) is 2.86. The number of rotatable bonds is 4. The molecule has 0 saturated carbocycles. The fourth-order valence-electron chi connectivity index (χ4n) is 1.56. The van der Waals surface area contributed by atoms with Gasteiger partial charge in [0.25, 0.3) is 0 Å². The van der Waals surface area contributed by atoms with Crippen molar-refractivity contribution in [1.29, 1.82) is 0 Å². The number of aliphatic hydroxyl groups is 1. The monoisotopic (exact) mass is 325 g/mol. The van der Waals surface area contributed by atoms with E-state index in [1.165, 1.54) is 12.1 Å². The minimum absolute atomic E-state index is 0. The maximum atomic E-state index is 13.2. The summed E-state index contributed by atoms with van der Waals surface area (Å²) in [7, 11) is 0. The molecule has 0 saturated heterocycles. The average molecular weight is 327 g/mol. The third kappa shape index (κ3) is 4.54. The Morgan fingerprint density at radius 1 is 1.41 bits per heavy atom. The summed E-state index contributed by atoms with van der Waals surface area (Å²) in [6.45, 7) is 3.92. The van der Waals surface area contributed by atoms with E-state index < -0.39 is 12.1 Å². The molecule has 0 amide bonds. The Morgan fingerprint density at radius 2 is 2.00 bits per heavy atom. The van der Waals surface area contributed by atoms with Gasteiger partial charge < -0.3 is 10.8 Å². The van der Waals surface area contributed by atoms with Crippen LogP contribution in [0.2, 0.25) is 0 Å². The topological polar surface area (TPSA) is 46.2 Å². The van der Waals surface area contributed by atoms with E-state index in [0.29, 0.717) is 10.0 Å². The lowest BCUT2D eigenvalue weighted by Gasteiger charge is -2.24. The maximum Gasteiger partial charge on any atom is 0.124 e. The number of hydrogen-bond donors (Lipinski definition) is 2. The average Bonchev–Trinajstić information content (AvgIpc) is 2.24. The first-order chi connectivity index (χ1) is 7.45. The smallest absolute Gasteiger partial charge is 0.124 e. The van der Waals surface area contributed by atoms with Gasteiger partial charge in [0.1, 0.15) is 5.82 Å². The maximum absolute atomic E-state index is 13.2. The molecular weight excluding hydrogens is 308 g/mol. The molecule has 5 heteroatoms. The minimum atomic E-state index is -0.654. The van der Waals surface area contributed by atoms with Gasteiger partial charge in [-0.3, -0.25) is 0 Å². The molecule has 1 aromatic rings. The van der Waals surface area contributed by atoms with E-state index in [-0.39, 0.29) is 24.1 Å². The summed E-state index contributed by atoms with van der Waals surface area (Å²) in [6.07, 6.45) is 0.185. The van der Waals surface area contributed by atoms with Crippen LogP contribution in [-0.2, 0) is 0 Å². The summed E-state index contributed by atoms with van der Waals surface area (Å²) in [5.41, 5.74) is 6.53. The SMILES string of the molecule is CCC(C)[C@H](O)[C@H](N)c1cc(F)cc(Br)c1.Cl. The Morgan fingerprint density at radius 3 is 2.47 bits per heavy atom. The molecule has 2 nitrogen and oxygen atoms in total. The molecule has 0 bridgehead atoms. The van der Waals surface area contributed by atoms with Crippen LogP contribution in [-0.4, -0.2) is 11.2 Å². The van der Waals surface area contributed by atoms with Crippen molar-refractivity contribution >= 4 is 28.3 Å². The molecule has 1 aromatic carbocycles. The Balaban J connectivity index is 0.00000256. The van der Waals surface area contributed by atoms with Gasteiger partial charge >= 0.3 is 0 Å². The van der Waals surface area contributed by atoms with Crippen molar-refractivity contribution in [3.63, 3.8) is 0 Å². The van der Waals surface area contributed by atoms with Crippen molar-refractivity contribution in [2.24, 2.45) is 11.7 Å². The van der Waals surface area contributed by atoms with Crippen LogP contribution in [0.4, 0.5) is 4.39 Å². The van der Waals surface area contributed by atoms with E-state index in [1.807, 2.05) is 13.8 Å². The largest absolute Gasteiger partial charge is 0.391 e. The van der Waals surface area contributed by atoms with Gasteiger partial charge in [-0.2, -0.15) is 0 Å². The fourth-order valence-corrected chi connectivity index (χ4v) is 2.04. The number of halogens is 3. The standard InChI is InChI=1S/C12H17BrFNO.ClH/c1-3-7(2)12(16)11(15)8-4-9(13)6-10(14)5-8;/h4-7,11-12,16H,3,15H2,1-2H3;1H/t7?,11-,12+;/m1./s1. The number of benzene rings is 1. The van der Waals surface area contributed by atoms with Crippen molar-refractivity contribution in [3.8, 4) is 0 Å². The van der Waals surface area contributed by atoms with Crippen molar-refractivity contribution < 1.29 is 9.50 Å². The molecule has 0 spiro atoms. The zero-order valence-electron chi connectivity index (χ0n) is 9.86. The Bertz CT molecular complexity index is 344. The first kappa shape index (κ1) is 16.8. The Labute approximate surface area is 116 Å². The van der Waals surface area contributed by atoms with Gasteiger partial charge in [-0.25, -0.2) is 4.39 Å². The molecule has 0 heterocycles. The van der Waals surface area contributed by atoms with Gasteiger partial charge in [0.2, 0.25) is 0 Å². The third-order valence-corrected chi connectivity index (χ3v) is 3.32. The highest BCUT2D eigenvalue weighted by molar-refractivity contribution is 9.10. The summed E-state index contributed by atoms with van der Waals surface area (Å²) >= 11 is 3.21. The van der Waals surface area contributed by atoms with Gasteiger partial charge in [0, 0.05) is 4.47 Å². The molecule has 0 aliphatic heterocycles. The molecule has 0 aliphatic carbocycles. The molecule has 17 heavy (non-hydrogen) atoms. The summed E-state index contributed by atoms with van der Waals surface area (Å²) in [6, 6.07) is 3.91. The molecule has 0 aromatic heterocycles. The summed E-state index contributed by atoms with van der Waals surface area (Å²) in [4.78, 5) is 0. The first-order valence-electron chi connectivity index (χ1n) is 5.35. The Hall–Kier alpha value is -0.160. The van der Waals surface area contributed by atoms with Gasteiger partial charge in [-0.1, -0.05) is 36.2 Å². The van der Waals surface area contributed by atoms with Gasteiger partial charge in [-0.15, -0.1) is 12.4 Å². The van der Waals surface area contributed by atoms with Crippen molar-refractivity contribution in [2.75, 3.05) is 0 Å². The molecule has 1 rings (SSSR count). The van der Waals surface area contributed by atoms with Gasteiger partial charge in [0.05, 0.1) is 12.1 Å². The van der Waals surface area contributed by atoms with Crippen LogP contribution in [0.3, 0.4) is 0 Å². The van der Waals surface area contributed by atoms with E-state index in [9.17, 15) is 9.50 Å². The number of aliphatic hydroxyl groups excluding tert-OH is 1. The number of hydrogen-bond acceptors (Lipinski definition) is 2. The highest BCUT2D eigenvalue weighted by Crippen LogP contribution is 2.25. The fraction of sp³-hybridized carbons (Fsp3) is 0.500. The molecule has 3 N–H and O–H groups in total. The second-order valence-corrected chi connectivity index (χ2v) is 5.02. The predicted octanol–water partition coefficient (Wildman–Crippen LogP) is 3.42. The molecular formula is C12H18BrClFNO. The van der Waals surface area contributed by atoms with E-state index >= 15 is 0 Å². The molecule has 0 radical (unpaired) electrons. The number of nitrogens with two attached hydrogens (primary N) is 1. The van der Waals surface area contributed by atoms with Crippen LogP contribution in [0.1, 0.15) is 31.9 Å². The molecule has 0 fully saturated rings. The highest BCUT2D eigenvalue weighted by atomic mass is 79.9. The zero-order chi connectivity index (χ0) is 12.3. The van der Waals surface area contributed by atoms with E-state index in [1.54, 1.807) is 6.07 Å². The summed E-state index contributed by atoms with van der Waals surface area (Å²) < 4.78 is 13.8. The lowest BCUT2D eigenvalue weighted by molar-refractivity contribution is 0.0879. The minimum Gasteiger partial charge on any atom is -0.391 e. The van der Waals surface area contributed by atoms with E-state index in [4.69, 9.17) is 5.73 Å². The van der Waals surface area contributed by atoms with Crippen LogP contribution in [0, 0.1) is 11.7 Å². The highest BCUT2D eigenvalue weighted by Gasteiger charge is 2.22. The first-order valence-corrected chi connectivity index (χ1v) is 6.14. The van der Waals surface area contributed by atoms with E-state index in [0.717, 1.165) is 6.42 Å². The zero-order valence-corrected chi connectivity index (χ0v) is 12.3. The molecule has 0 aliphatic rings. The Kier molecular flexibility index (Phi) is 7.24. The van der Waals surface area contributed by atoms with E-state index in [2.05, 4.69) is 15.9 Å². The van der Waals surface area contributed by atoms with Crippen LogP contribution in [0.15, 0.2) is 22.7 Å². The van der Waals surface area contributed by atoms with Crippen molar-refractivity contribution in [2.45, 2.75) is 32.4 Å². The second kappa shape index (κ2) is 7.31. The lowest BCUT2D eigenvalue weighted by Crippen LogP contribution is -2.31. The molecule has 98 valence electrons. The molecule has 3 atom stereocenters.